The molecule has 13 unspecified atom stereocenters. The van der Waals surface area contributed by atoms with Crippen molar-refractivity contribution in [2.45, 2.75) is 260 Å². The molecule has 0 fully saturated rings. The van der Waals surface area contributed by atoms with Gasteiger partial charge in [0.2, 0.25) is 0 Å². The van der Waals surface area contributed by atoms with Crippen LogP contribution in [0, 0.1) is 47.3 Å². The molecule has 0 aromatic rings. The Morgan fingerprint density at radius 1 is 0.657 bits per heavy atom. The molecular formula is C58H102O9. The molecule has 67 heavy (non-hydrogen) atoms. The molecule has 0 saturated heterocycles. The average molecular weight is 943 g/mol. The molecule has 0 heterocycles. The molecule has 0 aromatic carbocycles. The van der Waals surface area contributed by atoms with E-state index in [2.05, 4.69) is 67.5 Å². The number of allylic oxidation sites excluding steroid dienone is 5. The maximum absolute atomic E-state index is 11.9. The van der Waals surface area contributed by atoms with E-state index in [4.69, 9.17) is 10.2 Å². The lowest BCUT2D eigenvalue weighted by Crippen LogP contribution is -2.37. The Bertz CT molecular complexity index is 1650. The predicted octanol–water partition coefficient (Wildman–Crippen LogP) is 13.3. The summed E-state index contributed by atoms with van der Waals surface area (Å²) in [5, 5.41) is 74.5. The van der Waals surface area contributed by atoms with E-state index < -0.39 is 46.9 Å². The highest BCUT2D eigenvalue weighted by atomic mass is 16.4. The second kappa shape index (κ2) is 28.5. The van der Waals surface area contributed by atoms with Gasteiger partial charge < -0.3 is 35.7 Å². The number of aliphatic hydroxyl groups is 5. The van der Waals surface area contributed by atoms with E-state index in [0.717, 1.165) is 77.0 Å². The molecule has 388 valence electrons. The molecule has 2 aliphatic rings. The summed E-state index contributed by atoms with van der Waals surface area (Å²) in [6.07, 6.45) is 21.1. The maximum atomic E-state index is 11.9. The molecule has 9 nitrogen and oxygen atoms in total. The summed E-state index contributed by atoms with van der Waals surface area (Å²) in [4.78, 5) is 22.2. The molecule has 9 heteroatoms. The van der Waals surface area contributed by atoms with Crippen molar-refractivity contribution in [1.29, 1.82) is 0 Å². The fourth-order valence-corrected chi connectivity index (χ4v) is 11.0. The summed E-state index contributed by atoms with van der Waals surface area (Å²) in [5.74, 6) is -0.705. The van der Waals surface area contributed by atoms with Crippen molar-refractivity contribution in [3.63, 3.8) is 0 Å². The summed E-state index contributed by atoms with van der Waals surface area (Å²) in [7, 11) is 0. The van der Waals surface area contributed by atoms with E-state index in [1.165, 1.54) is 33.4 Å². The van der Waals surface area contributed by atoms with Crippen LogP contribution in [-0.2, 0) is 9.59 Å². The summed E-state index contributed by atoms with van der Waals surface area (Å²) in [6, 6.07) is 0. The van der Waals surface area contributed by atoms with Crippen molar-refractivity contribution in [1.82, 2.24) is 0 Å². The van der Waals surface area contributed by atoms with Gasteiger partial charge in [-0.05, 0) is 216 Å². The molecule has 0 saturated carbocycles. The first kappa shape index (κ1) is 60.8. The van der Waals surface area contributed by atoms with Crippen LogP contribution in [0.3, 0.4) is 0 Å². The van der Waals surface area contributed by atoms with Crippen LogP contribution in [-0.4, -0.2) is 76.7 Å². The highest BCUT2D eigenvalue weighted by Crippen LogP contribution is 2.46. The van der Waals surface area contributed by atoms with Gasteiger partial charge in [0, 0.05) is 5.92 Å². The van der Waals surface area contributed by atoms with Gasteiger partial charge in [-0.1, -0.05) is 90.2 Å². The van der Waals surface area contributed by atoms with Crippen molar-refractivity contribution in [2.24, 2.45) is 47.3 Å². The molecule has 0 aliphatic heterocycles. The highest BCUT2D eigenvalue weighted by molar-refractivity contribution is 5.69. The molecule has 0 aromatic heterocycles. The standard InChI is InChI=1S/C58H102O9/c1-38(22-15-30-56(11,65)32-17-24-41(4)54(61)62)20-14-21-39(2)27-29-49-44(7)43(6)45(8)53(60)51(49)37-50-46(9)48(36-52(59)47(50)10)28-26-40(3)23-16-31-57(12,66)34-19-35-58(13,67)33-18-25-42(5)55(63)64/h20,36,39-42,45-47,50,52-53,59-60,65-67H,14-19,21-35,37H2,1-13H3,(H,61,62)(H,63,64)/b38-20+. The molecule has 13 atom stereocenters. The topological polar surface area (TPSA) is 176 Å². The largest absolute Gasteiger partial charge is 0.481 e. The van der Waals surface area contributed by atoms with Crippen LogP contribution in [0.25, 0.3) is 0 Å². The first-order chi connectivity index (χ1) is 31.1. The zero-order valence-corrected chi connectivity index (χ0v) is 44.9. The second-order valence-corrected chi connectivity index (χ2v) is 23.6. The maximum Gasteiger partial charge on any atom is 0.306 e. The van der Waals surface area contributed by atoms with Gasteiger partial charge in [-0.15, -0.1) is 0 Å². The third kappa shape index (κ3) is 21.7. The normalized spacial score (nSPS) is 26.3. The first-order valence-corrected chi connectivity index (χ1v) is 26.8. The number of hydrogen-bond acceptors (Lipinski definition) is 7. The Balaban J connectivity index is 1.94. The van der Waals surface area contributed by atoms with Crippen molar-refractivity contribution in [3.8, 4) is 0 Å². The fourth-order valence-electron chi connectivity index (χ4n) is 11.0. The van der Waals surface area contributed by atoms with Gasteiger partial charge >= 0.3 is 11.9 Å². The fraction of sp³-hybridized carbons (Fsp3) is 0.828. The van der Waals surface area contributed by atoms with Crippen LogP contribution in [0.2, 0.25) is 0 Å². The quantitative estimate of drug-likeness (QED) is 0.0316. The van der Waals surface area contributed by atoms with Gasteiger partial charge in [0.15, 0.2) is 0 Å². The lowest BCUT2D eigenvalue weighted by Gasteiger charge is -2.41. The Hall–Kier alpha value is -2.30. The minimum absolute atomic E-state index is 0.0603. The Morgan fingerprint density at radius 2 is 1.12 bits per heavy atom. The van der Waals surface area contributed by atoms with Crippen molar-refractivity contribution >= 4 is 11.9 Å². The zero-order chi connectivity index (χ0) is 50.9. The van der Waals surface area contributed by atoms with Gasteiger partial charge in [-0.2, -0.15) is 0 Å². The number of carboxylic acids is 2. The Labute approximate surface area is 409 Å². The van der Waals surface area contributed by atoms with Gasteiger partial charge in [-0.3, -0.25) is 9.59 Å². The van der Waals surface area contributed by atoms with Crippen LogP contribution >= 0.6 is 0 Å². The molecular weight excluding hydrogens is 841 g/mol. The number of rotatable bonds is 33. The SMILES string of the molecule is CC1=C(C)C(C)C(O)C(CC2C(C)C(CCC(C)CCCC(C)(O)CCCC(C)(O)CCCC(C)C(=O)O)=CC(O)C2C)=C1CCC(C)CC/C=C(\C)CCCC(C)(O)CCCC(C)C(=O)O. The second-order valence-electron chi connectivity index (χ2n) is 23.6. The summed E-state index contributed by atoms with van der Waals surface area (Å²) < 4.78 is 0. The van der Waals surface area contributed by atoms with Crippen LogP contribution in [0.1, 0.15) is 231 Å². The van der Waals surface area contributed by atoms with E-state index in [-0.39, 0.29) is 23.7 Å². The van der Waals surface area contributed by atoms with E-state index in [9.17, 15) is 35.1 Å². The smallest absolute Gasteiger partial charge is 0.306 e. The van der Waals surface area contributed by atoms with Gasteiger partial charge in [0.1, 0.15) is 0 Å². The van der Waals surface area contributed by atoms with Crippen LogP contribution in [0.4, 0.5) is 0 Å². The zero-order valence-electron chi connectivity index (χ0n) is 44.9. The molecule has 2 aliphatic carbocycles. The predicted molar refractivity (Wildman–Crippen MR) is 276 cm³/mol. The number of hydrogen-bond donors (Lipinski definition) is 7. The van der Waals surface area contributed by atoms with Crippen molar-refractivity contribution in [3.05, 3.63) is 45.6 Å². The van der Waals surface area contributed by atoms with E-state index >= 15 is 0 Å². The highest BCUT2D eigenvalue weighted by Gasteiger charge is 2.39. The summed E-state index contributed by atoms with van der Waals surface area (Å²) >= 11 is 0. The average Bonchev–Trinajstić information content (AvgIpc) is 3.23. The van der Waals surface area contributed by atoms with E-state index in [1.54, 1.807) is 13.8 Å². The Kier molecular flexibility index (Phi) is 25.9. The lowest BCUT2D eigenvalue weighted by molar-refractivity contribution is -0.142. The number of carboxylic acid groups (broad SMARTS) is 2. The molecule has 2 rings (SSSR count). The first-order valence-electron chi connectivity index (χ1n) is 26.8. The van der Waals surface area contributed by atoms with Crippen molar-refractivity contribution < 1.29 is 45.3 Å². The van der Waals surface area contributed by atoms with Gasteiger partial charge in [0.05, 0.1) is 40.8 Å². The minimum Gasteiger partial charge on any atom is -0.481 e. The minimum atomic E-state index is -0.860. The lowest BCUT2D eigenvalue weighted by atomic mass is 9.65. The third-order valence-electron chi connectivity index (χ3n) is 16.9. The molecule has 0 radical (unpaired) electrons. The van der Waals surface area contributed by atoms with Crippen molar-refractivity contribution in [2.75, 3.05) is 0 Å². The molecule has 0 amide bonds. The van der Waals surface area contributed by atoms with Gasteiger partial charge in [-0.25, -0.2) is 0 Å². The van der Waals surface area contributed by atoms with Crippen LogP contribution in [0.15, 0.2) is 45.6 Å². The van der Waals surface area contributed by atoms with Crippen LogP contribution in [0.5, 0.6) is 0 Å². The third-order valence-corrected chi connectivity index (χ3v) is 16.9. The number of aliphatic carboxylic acids is 2. The molecule has 7 N–H and O–H groups in total. The number of aliphatic hydroxyl groups excluding tert-OH is 2. The Morgan fingerprint density at radius 3 is 1.64 bits per heavy atom. The van der Waals surface area contributed by atoms with Gasteiger partial charge in [0.25, 0.3) is 0 Å². The summed E-state index contributed by atoms with van der Waals surface area (Å²) in [6.45, 7) is 26.9. The van der Waals surface area contributed by atoms with E-state index in [0.29, 0.717) is 82.0 Å². The summed E-state index contributed by atoms with van der Waals surface area (Å²) in [5.41, 5.74) is 5.37. The monoisotopic (exact) mass is 943 g/mol. The molecule has 0 bridgehead atoms. The number of carbonyl (C=O) groups is 2. The van der Waals surface area contributed by atoms with Crippen LogP contribution < -0.4 is 0 Å². The molecule has 0 spiro atoms. The van der Waals surface area contributed by atoms with E-state index in [1.807, 2.05) is 20.8 Å².